The van der Waals surface area contributed by atoms with Gasteiger partial charge < -0.3 is 10.1 Å². The zero-order valence-corrected chi connectivity index (χ0v) is 16.1. The molecular formula is C24H21FN2O2. The predicted molar refractivity (Wildman–Crippen MR) is 111 cm³/mol. The Morgan fingerprint density at radius 1 is 1.07 bits per heavy atom. The first kappa shape index (κ1) is 18.9. The van der Waals surface area contributed by atoms with E-state index in [9.17, 15) is 9.18 Å². The molecular weight excluding hydrogens is 367 g/mol. The van der Waals surface area contributed by atoms with Crippen LogP contribution in [0.2, 0.25) is 0 Å². The van der Waals surface area contributed by atoms with Gasteiger partial charge in [0, 0.05) is 18.2 Å². The van der Waals surface area contributed by atoms with E-state index >= 15 is 0 Å². The summed E-state index contributed by atoms with van der Waals surface area (Å²) >= 11 is 0. The fourth-order valence-electron chi connectivity index (χ4n) is 3.69. The van der Waals surface area contributed by atoms with E-state index in [1.165, 1.54) is 28.3 Å². The zero-order valence-electron chi connectivity index (χ0n) is 16.1. The maximum atomic E-state index is 13.0. The number of carbonyl (C=O) groups excluding carboxylic acids is 1. The number of aromatic nitrogens is 1. The van der Waals surface area contributed by atoms with E-state index in [1.54, 1.807) is 25.1 Å². The topological polar surface area (TPSA) is 51.2 Å². The number of pyridine rings is 1. The monoisotopic (exact) mass is 388 g/mol. The van der Waals surface area contributed by atoms with Crippen molar-refractivity contribution in [3.63, 3.8) is 0 Å². The Labute approximate surface area is 169 Å². The number of alkyl carbamates (subject to hydrolysis) is 1. The van der Waals surface area contributed by atoms with Gasteiger partial charge in [-0.2, -0.15) is 4.39 Å². The summed E-state index contributed by atoms with van der Waals surface area (Å²) in [5.41, 5.74) is 6.16. The largest absolute Gasteiger partial charge is 0.449 e. The highest BCUT2D eigenvalue weighted by molar-refractivity contribution is 5.79. The number of carbonyl (C=O) groups is 1. The first-order valence-electron chi connectivity index (χ1n) is 9.52. The van der Waals surface area contributed by atoms with Gasteiger partial charge >= 0.3 is 6.09 Å². The maximum absolute atomic E-state index is 13.0. The molecule has 1 aliphatic rings. The highest BCUT2D eigenvalue weighted by Crippen LogP contribution is 2.44. The van der Waals surface area contributed by atoms with Gasteiger partial charge in [0.1, 0.15) is 6.61 Å². The van der Waals surface area contributed by atoms with Gasteiger partial charge in [-0.1, -0.05) is 60.7 Å². The molecule has 0 fully saturated rings. The molecule has 0 saturated carbocycles. The molecule has 0 bridgehead atoms. The number of nitrogens with zero attached hydrogens (tertiary/aromatic N) is 1. The Balaban J connectivity index is 1.34. The van der Waals surface area contributed by atoms with E-state index in [0.29, 0.717) is 12.2 Å². The van der Waals surface area contributed by atoms with E-state index in [2.05, 4.69) is 34.6 Å². The minimum absolute atomic E-state index is 0.0385. The summed E-state index contributed by atoms with van der Waals surface area (Å²) in [5.74, 6) is -0.465. The van der Waals surface area contributed by atoms with Gasteiger partial charge in [-0.3, -0.25) is 0 Å². The van der Waals surface area contributed by atoms with E-state index in [-0.39, 0.29) is 12.5 Å². The van der Waals surface area contributed by atoms with Crippen LogP contribution in [0.4, 0.5) is 9.18 Å². The average molecular weight is 388 g/mol. The maximum Gasteiger partial charge on any atom is 0.407 e. The number of nitrogens with one attached hydrogen (secondary N) is 1. The summed E-state index contributed by atoms with van der Waals surface area (Å²) < 4.78 is 18.5. The van der Waals surface area contributed by atoms with Crippen LogP contribution >= 0.6 is 0 Å². The Hall–Kier alpha value is -3.47. The number of hydrogen-bond acceptors (Lipinski definition) is 3. The Morgan fingerprint density at radius 2 is 1.72 bits per heavy atom. The number of benzene rings is 2. The van der Waals surface area contributed by atoms with Crippen LogP contribution in [-0.4, -0.2) is 24.2 Å². The number of fused-ring (bicyclic) bond motifs is 3. The molecule has 1 heterocycles. The molecule has 0 spiro atoms. The van der Waals surface area contributed by atoms with Crippen molar-refractivity contribution in [2.75, 3.05) is 13.2 Å². The molecule has 4 rings (SSSR count). The molecule has 0 unspecified atom stereocenters. The van der Waals surface area contributed by atoms with E-state index in [0.717, 1.165) is 5.56 Å². The van der Waals surface area contributed by atoms with Crippen molar-refractivity contribution in [2.24, 2.45) is 0 Å². The van der Waals surface area contributed by atoms with E-state index < -0.39 is 12.0 Å². The van der Waals surface area contributed by atoms with E-state index in [1.807, 2.05) is 24.3 Å². The molecule has 5 heteroatoms. The Bertz CT molecular complexity index is 1030. The molecule has 0 aliphatic heterocycles. The van der Waals surface area contributed by atoms with Crippen molar-refractivity contribution in [3.05, 3.63) is 95.1 Å². The van der Waals surface area contributed by atoms with Gasteiger partial charge in [0.25, 0.3) is 0 Å². The Morgan fingerprint density at radius 3 is 2.38 bits per heavy atom. The van der Waals surface area contributed by atoms with Crippen LogP contribution in [0.25, 0.3) is 17.2 Å². The first-order valence-corrected chi connectivity index (χ1v) is 9.52. The molecule has 1 N–H and O–H groups in total. The molecule has 146 valence electrons. The minimum atomic E-state index is -0.503. The summed E-state index contributed by atoms with van der Waals surface area (Å²) in [4.78, 5) is 15.9. The number of rotatable bonds is 5. The smallest absolute Gasteiger partial charge is 0.407 e. The predicted octanol–water partition coefficient (Wildman–Crippen LogP) is 5.08. The summed E-state index contributed by atoms with van der Waals surface area (Å²) in [5, 5.41) is 2.71. The summed E-state index contributed by atoms with van der Waals surface area (Å²) in [6, 6.07) is 19.4. The highest BCUT2D eigenvalue weighted by Gasteiger charge is 2.28. The molecule has 0 saturated heterocycles. The van der Waals surface area contributed by atoms with Gasteiger partial charge in [0.05, 0.1) is 0 Å². The number of ether oxygens (including phenoxy) is 1. The van der Waals surface area contributed by atoms with Crippen molar-refractivity contribution in [1.29, 1.82) is 0 Å². The summed E-state index contributed by atoms with van der Waals surface area (Å²) in [7, 11) is 0. The summed E-state index contributed by atoms with van der Waals surface area (Å²) in [6.45, 7) is 2.33. The fourth-order valence-corrected chi connectivity index (χ4v) is 3.69. The molecule has 3 aromatic rings. The second-order valence-electron chi connectivity index (χ2n) is 6.92. The van der Waals surface area contributed by atoms with Crippen LogP contribution in [-0.2, 0) is 4.74 Å². The van der Waals surface area contributed by atoms with Crippen molar-refractivity contribution in [2.45, 2.75) is 12.8 Å². The second kappa shape index (κ2) is 8.27. The van der Waals surface area contributed by atoms with Crippen LogP contribution in [0.1, 0.15) is 28.3 Å². The molecule has 1 amide bonds. The quantitative estimate of drug-likeness (QED) is 0.620. The van der Waals surface area contributed by atoms with Crippen LogP contribution in [0.5, 0.6) is 0 Å². The summed E-state index contributed by atoms with van der Waals surface area (Å²) in [6.07, 6.45) is 3.11. The molecule has 1 aromatic heterocycles. The van der Waals surface area contributed by atoms with E-state index in [4.69, 9.17) is 4.74 Å². The van der Waals surface area contributed by atoms with Gasteiger partial charge in [-0.05, 0) is 46.9 Å². The number of amides is 1. The van der Waals surface area contributed by atoms with Crippen LogP contribution in [0.3, 0.4) is 0 Å². The molecule has 4 nitrogen and oxygen atoms in total. The lowest BCUT2D eigenvalue weighted by atomic mass is 9.98. The first-order chi connectivity index (χ1) is 14.1. The lowest BCUT2D eigenvalue weighted by Gasteiger charge is -2.14. The van der Waals surface area contributed by atoms with Gasteiger partial charge in [0.2, 0.25) is 5.95 Å². The third-order valence-electron chi connectivity index (χ3n) is 5.10. The minimum Gasteiger partial charge on any atom is -0.449 e. The van der Waals surface area contributed by atoms with Crippen molar-refractivity contribution in [3.8, 4) is 11.1 Å². The third-order valence-corrected chi connectivity index (χ3v) is 5.10. The van der Waals surface area contributed by atoms with Crippen molar-refractivity contribution < 1.29 is 13.9 Å². The number of hydrogen-bond donors (Lipinski definition) is 1. The van der Waals surface area contributed by atoms with Gasteiger partial charge in [-0.25, -0.2) is 9.78 Å². The lowest BCUT2D eigenvalue weighted by Crippen LogP contribution is -2.26. The van der Waals surface area contributed by atoms with Crippen LogP contribution < -0.4 is 5.32 Å². The molecule has 0 atom stereocenters. The molecule has 2 aromatic carbocycles. The molecule has 0 radical (unpaired) electrons. The average Bonchev–Trinajstić information content (AvgIpc) is 3.05. The number of aryl methyl sites for hydroxylation is 1. The highest BCUT2D eigenvalue weighted by atomic mass is 19.1. The van der Waals surface area contributed by atoms with Crippen molar-refractivity contribution in [1.82, 2.24) is 10.3 Å². The standard InChI is InChI=1S/C24H21FN2O2/c1-16-17(12-13-23(25)27-16)7-6-14-26-24(28)29-15-22-20-10-4-2-8-18(20)19-9-3-5-11-21(19)22/h2-13,22H,14-15H2,1H3,(H,26,28). The fraction of sp³-hybridized carbons (Fsp3) is 0.167. The third kappa shape index (κ3) is 4.04. The molecule has 1 aliphatic carbocycles. The van der Waals surface area contributed by atoms with Gasteiger partial charge in [0.15, 0.2) is 0 Å². The SMILES string of the molecule is Cc1nc(F)ccc1C=CCNC(=O)OCC1c2ccccc2-c2ccccc21. The number of halogens is 1. The van der Waals surface area contributed by atoms with Gasteiger partial charge in [-0.15, -0.1) is 0 Å². The molecule has 29 heavy (non-hydrogen) atoms. The second-order valence-corrected chi connectivity index (χ2v) is 6.92. The van der Waals surface area contributed by atoms with Crippen LogP contribution in [0, 0.1) is 12.9 Å². The Kier molecular flexibility index (Phi) is 5.38. The zero-order chi connectivity index (χ0) is 20.2. The van der Waals surface area contributed by atoms with Crippen molar-refractivity contribution >= 4 is 12.2 Å². The normalized spacial score (nSPS) is 12.6. The lowest BCUT2D eigenvalue weighted by molar-refractivity contribution is 0.144. The van der Waals surface area contributed by atoms with Crippen LogP contribution in [0.15, 0.2) is 66.7 Å².